The Labute approximate surface area is 91.0 Å². The Morgan fingerprint density at radius 2 is 1.12 bits per heavy atom. The second-order valence-corrected chi connectivity index (χ2v) is 1.54. The van der Waals surface area contributed by atoms with Gasteiger partial charge in [0.15, 0.2) is 0 Å². The van der Waals surface area contributed by atoms with E-state index in [2.05, 4.69) is 0 Å². The van der Waals surface area contributed by atoms with E-state index in [1.807, 2.05) is 0 Å². The molecule has 8 heavy (non-hydrogen) atoms. The summed E-state index contributed by atoms with van der Waals surface area (Å²) < 4.78 is 8.88. The maximum Gasteiger partial charge on any atom is 1.00 e. The zero-order chi connectivity index (χ0) is 4.50. The molecule has 0 aromatic carbocycles. The minimum Gasteiger partial charge on any atom is -1.00 e. The molecule has 0 atom stereocenters. The third-order valence-corrected chi connectivity index (χ3v) is 0. The van der Waals surface area contributed by atoms with Gasteiger partial charge in [0.2, 0.25) is 0 Å². The quantitative estimate of drug-likeness (QED) is 0.189. The normalized spacial score (nSPS) is 7.38. The van der Waals surface area contributed by atoms with Crippen LogP contribution in [0, 0.1) is 0 Å². The van der Waals surface area contributed by atoms with Crippen molar-refractivity contribution in [1.29, 1.82) is 0 Å². The maximum atomic E-state index is 8.88. The van der Waals surface area contributed by atoms with Crippen molar-refractivity contribution in [1.82, 2.24) is 12.3 Å². The van der Waals surface area contributed by atoms with Crippen LogP contribution in [0.25, 0.3) is 0 Å². The smallest absolute Gasteiger partial charge is 1.00 e. The molecule has 0 fully saturated rings. The molecule has 50 valence electrons. The molecule has 0 aliphatic heterocycles. The summed E-state index contributed by atoms with van der Waals surface area (Å²) in [5.74, 6) is 0. The molecule has 0 rings (SSSR count). The van der Waals surface area contributed by atoms with E-state index in [1.54, 1.807) is 0 Å². The third kappa shape index (κ3) is 123. The molecule has 0 saturated carbocycles. The summed E-state index contributed by atoms with van der Waals surface area (Å²) in [6.07, 6.45) is 0. The van der Waals surface area contributed by atoms with E-state index in [1.165, 1.54) is 0 Å². The molecule has 0 spiro atoms. The van der Waals surface area contributed by atoms with Gasteiger partial charge in [0.05, 0.1) is 0 Å². The van der Waals surface area contributed by atoms with Gasteiger partial charge < -0.3 is 28.4 Å². The van der Waals surface area contributed by atoms with Crippen molar-refractivity contribution in [3.63, 3.8) is 0 Å². The summed E-state index contributed by atoms with van der Waals surface area (Å²) in [6.45, 7) is 0. The first kappa shape index (κ1) is 22.6. The Morgan fingerprint density at radius 3 is 1.12 bits per heavy atom. The predicted molar refractivity (Wildman–Crippen MR) is 25.4 cm³/mol. The summed E-state index contributed by atoms with van der Waals surface area (Å²) in [6, 6.07) is 0. The van der Waals surface area contributed by atoms with Crippen LogP contribution in [0.2, 0.25) is 0 Å². The first-order chi connectivity index (χ1) is 2.00. The summed E-state index contributed by atoms with van der Waals surface area (Å²) in [4.78, 5) is 21.6. The molecule has 8 heteroatoms. The van der Waals surface area contributed by atoms with Crippen molar-refractivity contribution >= 4 is 7.82 Å². The van der Waals surface area contributed by atoms with Crippen molar-refractivity contribution in [2.75, 3.05) is 0 Å². The number of hydrogen-bond donors (Lipinski definition) is 5. The first-order valence-corrected chi connectivity index (χ1v) is 2.35. The van der Waals surface area contributed by atoms with Gasteiger partial charge in [-0.15, -0.1) is 0 Å². The first-order valence-electron chi connectivity index (χ1n) is 0.783. The molecular formula is H10KN2O4P. The summed E-state index contributed by atoms with van der Waals surface area (Å²) in [5.41, 5.74) is 0. The summed E-state index contributed by atoms with van der Waals surface area (Å²) in [5, 5.41) is 0. The molecular weight excluding hydrogens is 162 g/mol. The fourth-order valence-electron chi connectivity index (χ4n) is 0. The molecule has 0 aliphatic rings. The van der Waals surface area contributed by atoms with Gasteiger partial charge >= 0.3 is 59.2 Å². The molecule has 0 aromatic rings. The van der Waals surface area contributed by atoms with E-state index >= 15 is 0 Å². The number of rotatable bonds is 0. The zero-order valence-electron chi connectivity index (χ0n) is 5.61. The van der Waals surface area contributed by atoms with Crippen LogP contribution in [-0.4, -0.2) is 14.7 Å². The van der Waals surface area contributed by atoms with Crippen LogP contribution in [0.1, 0.15) is 1.43 Å². The van der Waals surface area contributed by atoms with Crippen LogP contribution in [0.15, 0.2) is 0 Å². The SMILES string of the molecule is N.N.O=P(O)(O)O.[H-].[K+]. The Hall–Kier alpha value is 1.67. The van der Waals surface area contributed by atoms with Gasteiger partial charge in [-0.25, -0.2) is 4.57 Å². The van der Waals surface area contributed by atoms with E-state index < -0.39 is 7.82 Å². The van der Waals surface area contributed by atoms with Gasteiger partial charge in [0.1, 0.15) is 0 Å². The molecule has 0 unspecified atom stereocenters. The summed E-state index contributed by atoms with van der Waals surface area (Å²) in [7, 11) is -4.64. The van der Waals surface area contributed by atoms with Crippen molar-refractivity contribution in [2.24, 2.45) is 0 Å². The van der Waals surface area contributed by atoms with Crippen molar-refractivity contribution in [3.8, 4) is 0 Å². The van der Waals surface area contributed by atoms with Crippen molar-refractivity contribution < 1.29 is 72.1 Å². The topological polar surface area (TPSA) is 148 Å². The van der Waals surface area contributed by atoms with Crippen LogP contribution in [0.5, 0.6) is 0 Å². The molecule has 0 radical (unpaired) electrons. The average Bonchev–Trinajstić information content (AvgIpc) is 0.722. The fraction of sp³-hybridized carbons (Fsp3) is 0. The zero-order valence-corrected chi connectivity index (χ0v) is 8.63. The fourth-order valence-corrected chi connectivity index (χ4v) is 0. The molecule has 9 N–H and O–H groups in total. The summed E-state index contributed by atoms with van der Waals surface area (Å²) >= 11 is 0. The van der Waals surface area contributed by atoms with E-state index in [0.717, 1.165) is 0 Å². The van der Waals surface area contributed by atoms with E-state index in [0.29, 0.717) is 0 Å². The van der Waals surface area contributed by atoms with Gasteiger partial charge in [0.25, 0.3) is 0 Å². The number of hydrogen-bond acceptors (Lipinski definition) is 3. The van der Waals surface area contributed by atoms with Crippen LogP contribution >= 0.6 is 7.82 Å². The Bertz CT molecular complexity index is 64.7. The standard InChI is InChI=1S/K.2H3N.H3O4P.H/c;;;1-5(2,3)4;/h;2*1H3;(H3,1,2,3,4);/q+1;;;;-1. The van der Waals surface area contributed by atoms with E-state index in [-0.39, 0.29) is 65.1 Å². The Kier molecular flexibility index (Phi) is 24.5. The van der Waals surface area contributed by atoms with Gasteiger partial charge in [-0.1, -0.05) is 0 Å². The number of phosphoric acid groups is 1. The minimum atomic E-state index is -4.64. The maximum absolute atomic E-state index is 8.88. The minimum absolute atomic E-state index is 0. The van der Waals surface area contributed by atoms with E-state index in [4.69, 9.17) is 19.2 Å². The van der Waals surface area contributed by atoms with Gasteiger partial charge in [-0.05, 0) is 0 Å². The largest absolute Gasteiger partial charge is 1.00 e. The second-order valence-electron chi connectivity index (χ2n) is 0.513. The van der Waals surface area contributed by atoms with Gasteiger partial charge in [-0.2, -0.15) is 0 Å². The van der Waals surface area contributed by atoms with Crippen molar-refractivity contribution in [2.45, 2.75) is 0 Å². The molecule has 0 heterocycles. The van der Waals surface area contributed by atoms with Crippen LogP contribution in [0.3, 0.4) is 0 Å². The average molecular weight is 172 g/mol. The van der Waals surface area contributed by atoms with E-state index in [9.17, 15) is 0 Å². The van der Waals surface area contributed by atoms with Gasteiger partial charge in [-0.3, -0.25) is 0 Å². The molecule has 0 saturated heterocycles. The molecule has 6 nitrogen and oxygen atoms in total. The van der Waals surface area contributed by atoms with Crippen molar-refractivity contribution in [3.05, 3.63) is 0 Å². The van der Waals surface area contributed by atoms with Crippen LogP contribution in [-0.2, 0) is 4.57 Å². The predicted octanol–water partition coefficient (Wildman–Crippen LogP) is -3.49. The second kappa shape index (κ2) is 8.67. The monoisotopic (exact) mass is 172 g/mol. The van der Waals surface area contributed by atoms with Crippen LogP contribution in [0.4, 0.5) is 0 Å². The Morgan fingerprint density at radius 1 is 1.12 bits per heavy atom. The molecule has 0 aliphatic carbocycles. The van der Waals surface area contributed by atoms with Gasteiger partial charge in [0, 0.05) is 0 Å². The Balaban J connectivity index is -0.0000000133. The molecule has 0 amide bonds. The van der Waals surface area contributed by atoms with Crippen LogP contribution < -0.4 is 63.7 Å². The molecule has 0 bridgehead atoms. The third-order valence-electron chi connectivity index (χ3n) is 0. The molecule has 0 aromatic heterocycles.